The molecule has 8 aromatic carbocycles. The van der Waals surface area contributed by atoms with Gasteiger partial charge in [0.15, 0.2) is 0 Å². The first-order valence-electron chi connectivity index (χ1n) is 25.1. The molecule has 0 saturated heterocycles. The van der Waals surface area contributed by atoms with Crippen molar-refractivity contribution in [2.75, 3.05) is 9.80 Å². The Bertz CT molecular complexity index is 3450. The highest BCUT2D eigenvalue weighted by Gasteiger charge is 2.61. The lowest BCUT2D eigenvalue weighted by atomic mass is 9.33. The van der Waals surface area contributed by atoms with Crippen LogP contribution in [0.15, 0.2) is 170 Å². The van der Waals surface area contributed by atoms with E-state index < -0.39 is 0 Å². The summed E-state index contributed by atoms with van der Waals surface area (Å²) in [6, 6.07) is 65.1. The van der Waals surface area contributed by atoms with Crippen LogP contribution in [0.1, 0.15) is 97.8 Å². The predicted molar refractivity (Wildman–Crippen MR) is 291 cm³/mol. The van der Waals surface area contributed by atoms with Crippen LogP contribution in [0.4, 0.5) is 28.4 Å². The highest BCUT2D eigenvalue weighted by molar-refractivity contribution is 7.00. The zero-order valence-corrected chi connectivity index (χ0v) is 40.9. The maximum Gasteiger partial charge on any atom is 0.252 e. The molecule has 0 bridgehead atoms. The second kappa shape index (κ2) is 14.4. The fraction of sp³-hybridized carbons (Fsp3) is 0.250. The van der Waals surface area contributed by atoms with Crippen LogP contribution in [-0.4, -0.2) is 16.8 Å². The van der Waals surface area contributed by atoms with Gasteiger partial charge in [-0.25, -0.2) is 0 Å². The van der Waals surface area contributed by atoms with Crippen molar-refractivity contribution < 1.29 is 0 Å². The van der Waals surface area contributed by atoms with Gasteiger partial charge in [0, 0.05) is 50.1 Å². The van der Waals surface area contributed by atoms with Crippen LogP contribution in [0.2, 0.25) is 0 Å². The molecule has 0 spiro atoms. The molecule has 0 radical (unpaired) electrons. The maximum atomic E-state index is 2.88. The molecular weight excluding hydrogens is 822 g/mol. The average Bonchev–Trinajstić information content (AvgIpc) is 3.78. The first kappa shape index (κ1) is 41.4. The molecule has 4 heteroatoms. The van der Waals surface area contributed by atoms with Crippen molar-refractivity contribution in [1.29, 1.82) is 0 Å². The molecule has 9 aromatic rings. The molecule has 3 aliphatic heterocycles. The molecule has 68 heavy (non-hydrogen) atoms. The van der Waals surface area contributed by atoms with E-state index in [1.54, 1.807) is 0 Å². The SMILES string of the molecule is CC(C)(C)c1ccc2c(c1)c1cc(C(C)(C)C)cc3c1n2-c1cc(N(c2cccc(-c4ccccc4)c2)c2cccc(-c4ccccc4)c2)cc2c1B3c1cccc3c1N2C1(C)CCCCC31C. The van der Waals surface area contributed by atoms with Crippen molar-refractivity contribution in [3.8, 4) is 27.9 Å². The van der Waals surface area contributed by atoms with Crippen LogP contribution in [0.5, 0.6) is 0 Å². The Hall–Kier alpha value is -6.78. The second-order valence-electron chi connectivity index (χ2n) is 22.9. The van der Waals surface area contributed by atoms with Gasteiger partial charge in [-0.3, -0.25) is 0 Å². The van der Waals surface area contributed by atoms with E-state index in [4.69, 9.17) is 0 Å². The van der Waals surface area contributed by atoms with Crippen LogP contribution in [0.3, 0.4) is 0 Å². The Balaban J connectivity index is 1.17. The smallest absolute Gasteiger partial charge is 0.252 e. The summed E-state index contributed by atoms with van der Waals surface area (Å²) in [7, 11) is 0. The standard InChI is InChI=1S/C64H60BN3/c1-61(2,3)45-30-31-55-50(36-45)51-37-46(62(4,5)6)38-54-59(51)67(55)56-39-49(40-57-58(56)65(54)53-29-19-28-52-60(53)68(57)64(8)33-16-15-32-63(52,64)7)66(47-26-17-24-43(34-47)41-20-11-9-12-21-41)48-27-18-25-44(35-48)42-22-13-10-14-23-42/h9-14,17-31,34-40H,15-16,32-33H2,1-8H3. The van der Waals surface area contributed by atoms with Gasteiger partial charge in [0.05, 0.1) is 16.7 Å². The fourth-order valence-electron chi connectivity index (χ4n) is 13.2. The van der Waals surface area contributed by atoms with Crippen molar-refractivity contribution in [2.24, 2.45) is 0 Å². The Morgan fingerprint density at radius 3 is 1.74 bits per heavy atom. The van der Waals surface area contributed by atoms with Crippen molar-refractivity contribution in [1.82, 2.24) is 4.57 Å². The minimum absolute atomic E-state index is 0.00858. The number of rotatable bonds is 5. The van der Waals surface area contributed by atoms with Gasteiger partial charge < -0.3 is 14.4 Å². The number of nitrogens with zero attached hydrogens (tertiary/aromatic N) is 3. The largest absolute Gasteiger partial charge is 0.335 e. The van der Waals surface area contributed by atoms with E-state index in [9.17, 15) is 0 Å². The molecule has 4 aliphatic rings. The summed E-state index contributed by atoms with van der Waals surface area (Å²) >= 11 is 0. The zero-order valence-electron chi connectivity index (χ0n) is 40.9. The van der Waals surface area contributed by atoms with Gasteiger partial charge in [-0.05, 0) is 141 Å². The maximum absolute atomic E-state index is 2.88. The molecule has 2 atom stereocenters. The summed E-state index contributed by atoms with van der Waals surface area (Å²) in [6.07, 6.45) is 4.84. The molecule has 4 heterocycles. The van der Waals surface area contributed by atoms with E-state index in [2.05, 4.69) is 240 Å². The topological polar surface area (TPSA) is 11.4 Å². The summed E-state index contributed by atoms with van der Waals surface area (Å²) in [6.45, 7) is 19.5. The van der Waals surface area contributed by atoms with Crippen LogP contribution in [-0.2, 0) is 16.2 Å². The molecule has 1 aromatic heterocycles. The summed E-state index contributed by atoms with van der Waals surface area (Å²) in [5.74, 6) is 0. The molecule has 1 fully saturated rings. The number of hydrogen-bond donors (Lipinski definition) is 0. The molecule has 13 rings (SSSR count). The highest BCUT2D eigenvalue weighted by atomic mass is 15.3. The van der Waals surface area contributed by atoms with E-state index in [1.807, 2.05) is 0 Å². The Morgan fingerprint density at radius 2 is 1.09 bits per heavy atom. The van der Waals surface area contributed by atoms with Crippen LogP contribution < -0.4 is 26.2 Å². The third-order valence-electron chi connectivity index (χ3n) is 17.0. The molecule has 1 aliphatic carbocycles. The van der Waals surface area contributed by atoms with E-state index in [-0.39, 0.29) is 28.5 Å². The minimum atomic E-state index is -0.102. The lowest BCUT2D eigenvalue weighted by Crippen LogP contribution is -2.64. The highest BCUT2D eigenvalue weighted by Crippen LogP contribution is 2.62. The third-order valence-corrected chi connectivity index (χ3v) is 17.0. The van der Waals surface area contributed by atoms with Gasteiger partial charge in [0.1, 0.15) is 0 Å². The van der Waals surface area contributed by atoms with E-state index >= 15 is 0 Å². The molecule has 0 amide bonds. The summed E-state index contributed by atoms with van der Waals surface area (Å²) < 4.78 is 2.68. The lowest BCUT2D eigenvalue weighted by Gasteiger charge is -2.52. The van der Waals surface area contributed by atoms with E-state index in [0.29, 0.717) is 0 Å². The Morgan fingerprint density at radius 1 is 0.500 bits per heavy atom. The average molecular weight is 882 g/mol. The Labute approximate surface area is 403 Å². The zero-order chi connectivity index (χ0) is 46.5. The monoisotopic (exact) mass is 881 g/mol. The lowest BCUT2D eigenvalue weighted by molar-refractivity contribution is 0.195. The van der Waals surface area contributed by atoms with Gasteiger partial charge in [-0.2, -0.15) is 0 Å². The van der Waals surface area contributed by atoms with Crippen LogP contribution in [0, 0.1) is 0 Å². The van der Waals surface area contributed by atoms with E-state index in [1.165, 1.54) is 113 Å². The number of hydrogen-bond acceptors (Lipinski definition) is 2. The number of benzene rings is 8. The third kappa shape index (κ3) is 5.79. The number of anilines is 5. The minimum Gasteiger partial charge on any atom is -0.335 e. The van der Waals surface area contributed by atoms with Gasteiger partial charge in [-0.1, -0.05) is 177 Å². The summed E-state index contributed by atoms with van der Waals surface area (Å²) in [4.78, 5) is 5.43. The fourth-order valence-corrected chi connectivity index (χ4v) is 13.2. The molecule has 334 valence electrons. The van der Waals surface area contributed by atoms with Gasteiger partial charge in [-0.15, -0.1) is 0 Å². The number of aromatic nitrogens is 1. The normalized spacial score (nSPS) is 19.0. The van der Waals surface area contributed by atoms with Crippen molar-refractivity contribution >= 4 is 73.3 Å². The predicted octanol–water partition coefficient (Wildman–Crippen LogP) is 15.1. The second-order valence-corrected chi connectivity index (χ2v) is 22.9. The van der Waals surface area contributed by atoms with E-state index in [0.717, 1.165) is 23.5 Å². The molecule has 2 unspecified atom stereocenters. The molecular formula is C64H60BN3. The van der Waals surface area contributed by atoms with Crippen molar-refractivity contribution in [3.63, 3.8) is 0 Å². The number of fused-ring (bicyclic) bond motifs is 10. The number of para-hydroxylation sites is 1. The van der Waals surface area contributed by atoms with Gasteiger partial charge in [0.25, 0.3) is 6.71 Å². The summed E-state index contributed by atoms with van der Waals surface area (Å²) in [5.41, 5.74) is 23.5. The van der Waals surface area contributed by atoms with Crippen LogP contribution in [0.25, 0.3) is 49.7 Å². The summed E-state index contributed by atoms with van der Waals surface area (Å²) in [5, 5.41) is 2.70. The Kier molecular flexibility index (Phi) is 8.75. The first-order chi connectivity index (χ1) is 32.7. The molecule has 0 N–H and O–H groups in total. The van der Waals surface area contributed by atoms with Crippen molar-refractivity contribution in [2.45, 2.75) is 103 Å². The molecule has 3 nitrogen and oxygen atoms in total. The quantitative estimate of drug-likeness (QED) is 0.160. The van der Waals surface area contributed by atoms with Gasteiger partial charge in [0.2, 0.25) is 0 Å². The molecule has 1 saturated carbocycles. The van der Waals surface area contributed by atoms with Gasteiger partial charge >= 0.3 is 0 Å². The first-order valence-corrected chi connectivity index (χ1v) is 25.1. The van der Waals surface area contributed by atoms with Crippen LogP contribution >= 0.6 is 0 Å². The van der Waals surface area contributed by atoms with Crippen molar-refractivity contribution in [3.05, 3.63) is 187 Å².